The molecule has 0 aromatic rings. The predicted octanol–water partition coefficient (Wildman–Crippen LogP) is 2.32. The standard InChI is InChI=1S/C16H33N3/c1-4-10-17-11-5-6-14(2)19-12-9-15-7-8-16(13-19)18(15)3/h14-17H,4-13H2,1-3H3. The summed E-state index contributed by atoms with van der Waals surface area (Å²) in [6.45, 7) is 9.65. The third-order valence-corrected chi connectivity index (χ3v) is 5.21. The summed E-state index contributed by atoms with van der Waals surface area (Å²) in [5.74, 6) is 0. The number of fused-ring (bicyclic) bond motifs is 2. The van der Waals surface area contributed by atoms with E-state index in [1.165, 1.54) is 64.7 Å². The minimum atomic E-state index is 0.760. The largest absolute Gasteiger partial charge is 0.317 e. The second-order valence-corrected chi connectivity index (χ2v) is 6.58. The van der Waals surface area contributed by atoms with Gasteiger partial charge in [0.15, 0.2) is 0 Å². The van der Waals surface area contributed by atoms with Crippen LogP contribution in [0.5, 0.6) is 0 Å². The molecule has 2 fully saturated rings. The van der Waals surface area contributed by atoms with Crippen LogP contribution in [0.2, 0.25) is 0 Å². The maximum Gasteiger partial charge on any atom is 0.0223 e. The number of hydrogen-bond donors (Lipinski definition) is 1. The second-order valence-electron chi connectivity index (χ2n) is 6.58. The van der Waals surface area contributed by atoms with E-state index in [9.17, 15) is 0 Å². The Morgan fingerprint density at radius 3 is 2.74 bits per heavy atom. The Bertz CT molecular complexity index is 256. The zero-order valence-corrected chi connectivity index (χ0v) is 13.2. The molecule has 2 heterocycles. The first-order valence-electron chi connectivity index (χ1n) is 8.39. The summed E-state index contributed by atoms with van der Waals surface area (Å²) in [5.41, 5.74) is 0. The van der Waals surface area contributed by atoms with Crippen LogP contribution in [-0.2, 0) is 0 Å². The monoisotopic (exact) mass is 267 g/mol. The van der Waals surface area contributed by atoms with Crippen molar-refractivity contribution in [3.8, 4) is 0 Å². The first kappa shape index (κ1) is 15.3. The van der Waals surface area contributed by atoms with Gasteiger partial charge in [-0.05, 0) is 72.1 Å². The quantitative estimate of drug-likeness (QED) is 0.714. The van der Waals surface area contributed by atoms with Gasteiger partial charge in [-0.25, -0.2) is 0 Å². The molecule has 2 saturated heterocycles. The van der Waals surface area contributed by atoms with Crippen molar-refractivity contribution >= 4 is 0 Å². The van der Waals surface area contributed by atoms with Crippen LogP contribution in [0.25, 0.3) is 0 Å². The highest BCUT2D eigenvalue weighted by Gasteiger charge is 2.35. The molecule has 2 bridgehead atoms. The van der Waals surface area contributed by atoms with Crippen LogP contribution in [0, 0.1) is 0 Å². The van der Waals surface area contributed by atoms with Crippen molar-refractivity contribution in [3.63, 3.8) is 0 Å². The number of likely N-dealkylation sites (N-methyl/N-ethyl adjacent to an activating group) is 1. The Morgan fingerprint density at radius 2 is 1.95 bits per heavy atom. The number of hydrogen-bond acceptors (Lipinski definition) is 3. The fourth-order valence-corrected chi connectivity index (χ4v) is 3.74. The molecular formula is C16H33N3. The van der Waals surface area contributed by atoms with Gasteiger partial charge in [0, 0.05) is 24.7 Å². The molecule has 2 rings (SSSR count). The van der Waals surface area contributed by atoms with Gasteiger partial charge in [0.1, 0.15) is 0 Å². The van der Waals surface area contributed by atoms with Crippen LogP contribution in [0.15, 0.2) is 0 Å². The molecule has 0 radical (unpaired) electrons. The summed E-state index contributed by atoms with van der Waals surface area (Å²) in [6.07, 6.45) is 8.15. The highest BCUT2D eigenvalue weighted by molar-refractivity contribution is 4.92. The molecule has 0 aromatic carbocycles. The summed E-state index contributed by atoms with van der Waals surface area (Å²) < 4.78 is 0. The van der Waals surface area contributed by atoms with Gasteiger partial charge in [0.25, 0.3) is 0 Å². The second kappa shape index (κ2) is 7.61. The Morgan fingerprint density at radius 1 is 1.16 bits per heavy atom. The molecule has 3 nitrogen and oxygen atoms in total. The fourth-order valence-electron chi connectivity index (χ4n) is 3.74. The fraction of sp³-hybridized carbons (Fsp3) is 1.00. The minimum Gasteiger partial charge on any atom is -0.317 e. The van der Waals surface area contributed by atoms with Crippen LogP contribution in [0.1, 0.15) is 52.4 Å². The molecular weight excluding hydrogens is 234 g/mol. The molecule has 0 saturated carbocycles. The number of nitrogens with zero attached hydrogens (tertiary/aromatic N) is 2. The zero-order chi connectivity index (χ0) is 13.7. The van der Waals surface area contributed by atoms with Gasteiger partial charge in [-0.2, -0.15) is 0 Å². The molecule has 2 aliphatic rings. The van der Waals surface area contributed by atoms with Crippen LogP contribution in [0.4, 0.5) is 0 Å². The third kappa shape index (κ3) is 4.17. The summed E-state index contributed by atoms with van der Waals surface area (Å²) in [5, 5.41) is 3.51. The predicted molar refractivity (Wildman–Crippen MR) is 82.6 cm³/mol. The van der Waals surface area contributed by atoms with Gasteiger partial charge >= 0.3 is 0 Å². The molecule has 112 valence electrons. The molecule has 3 heteroatoms. The van der Waals surface area contributed by atoms with E-state index in [1.54, 1.807) is 0 Å². The molecule has 0 spiro atoms. The van der Waals surface area contributed by atoms with E-state index in [0.717, 1.165) is 18.1 Å². The SMILES string of the molecule is CCCNCCCC(C)N1CCC2CCC(C1)N2C. The first-order valence-corrected chi connectivity index (χ1v) is 8.39. The van der Waals surface area contributed by atoms with E-state index < -0.39 is 0 Å². The molecule has 3 unspecified atom stereocenters. The molecule has 0 aliphatic carbocycles. The summed E-state index contributed by atoms with van der Waals surface area (Å²) in [6, 6.07) is 2.46. The van der Waals surface area contributed by atoms with Crippen molar-refractivity contribution in [2.24, 2.45) is 0 Å². The number of likely N-dealkylation sites (tertiary alicyclic amines) is 1. The van der Waals surface area contributed by atoms with E-state index in [4.69, 9.17) is 0 Å². The molecule has 3 atom stereocenters. The van der Waals surface area contributed by atoms with Crippen LogP contribution in [-0.4, -0.2) is 61.2 Å². The van der Waals surface area contributed by atoms with E-state index in [1.807, 2.05) is 0 Å². The molecule has 19 heavy (non-hydrogen) atoms. The van der Waals surface area contributed by atoms with Crippen molar-refractivity contribution in [1.29, 1.82) is 0 Å². The van der Waals surface area contributed by atoms with Gasteiger partial charge in [-0.1, -0.05) is 6.92 Å². The smallest absolute Gasteiger partial charge is 0.0223 e. The average molecular weight is 267 g/mol. The molecule has 1 N–H and O–H groups in total. The van der Waals surface area contributed by atoms with Crippen molar-refractivity contribution in [2.75, 3.05) is 33.2 Å². The number of rotatable bonds is 7. The van der Waals surface area contributed by atoms with Crippen LogP contribution in [0.3, 0.4) is 0 Å². The first-order chi connectivity index (χ1) is 9.22. The van der Waals surface area contributed by atoms with E-state index in [2.05, 4.69) is 36.0 Å². The molecule has 2 aliphatic heterocycles. The third-order valence-electron chi connectivity index (χ3n) is 5.21. The lowest BCUT2D eigenvalue weighted by atomic mass is 10.1. The Hall–Kier alpha value is -0.120. The van der Waals surface area contributed by atoms with Gasteiger partial charge < -0.3 is 5.32 Å². The summed E-state index contributed by atoms with van der Waals surface area (Å²) in [7, 11) is 2.34. The topological polar surface area (TPSA) is 18.5 Å². The Kier molecular flexibility index (Phi) is 6.11. The zero-order valence-electron chi connectivity index (χ0n) is 13.2. The molecule has 0 amide bonds. The van der Waals surface area contributed by atoms with Crippen molar-refractivity contribution in [3.05, 3.63) is 0 Å². The van der Waals surface area contributed by atoms with Gasteiger partial charge in [0.2, 0.25) is 0 Å². The lowest BCUT2D eigenvalue weighted by molar-refractivity contribution is 0.172. The van der Waals surface area contributed by atoms with Crippen LogP contribution < -0.4 is 5.32 Å². The van der Waals surface area contributed by atoms with E-state index >= 15 is 0 Å². The normalized spacial score (nSPS) is 30.5. The van der Waals surface area contributed by atoms with Crippen molar-refractivity contribution in [1.82, 2.24) is 15.1 Å². The van der Waals surface area contributed by atoms with Crippen molar-refractivity contribution < 1.29 is 0 Å². The highest BCUT2D eigenvalue weighted by atomic mass is 15.3. The molecule has 0 aromatic heterocycles. The van der Waals surface area contributed by atoms with E-state index in [-0.39, 0.29) is 0 Å². The Labute approximate surface area is 119 Å². The maximum atomic E-state index is 3.51. The minimum absolute atomic E-state index is 0.760. The van der Waals surface area contributed by atoms with Crippen LogP contribution >= 0.6 is 0 Å². The lowest BCUT2D eigenvalue weighted by Gasteiger charge is -2.31. The highest BCUT2D eigenvalue weighted by Crippen LogP contribution is 2.29. The Balaban J connectivity index is 1.69. The number of nitrogens with one attached hydrogen (secondary N) is 1. The summed E-state index contributed by atoms with van der Waals surface area (Å²) in [4.78, 5) is 5.40. The maximum absolute atomic E-state index is 3.51. The average Bonchev–Trinajstić information content (AvgIpc) is 2.62. The van der Waals surface area contributed by atoms with Gasteiger partial charge in [-0.3, -0.25) is 9.80 Å². The van der Waals surface area contributed by atoms with Gasteiger partial charge in [-0.15, -0.1) is 0 Å². The van der Waals surface area contributed by atoms with Crippen molar-refractivity contribution in [2.45, 2.75) is 70.5 Å². The van der Waals surface area contributed by atoms with Gasteiger partial charge in [0.05, 0.1) is 0 Å². The lowest BCUT2D eigenvalue weighted by Crippen LogP contribution is -2.41. The van der Waals surface area contributed by atoms with E-state index in [0.29, 0.717) is 0 Å². The summed E-state index contributed by atoms with van der Waals surface area (Å²) >= 11 is 0.